The zero-order valence-electron chi connectivity index (χ0n) is 12.2. The van der Waals surface area contributed by atoms with Crippen LogP contribution in [0.5, 0.6) is 0 Å². The number of rotatable bonds is 5. The molecule has 0 saturated heterocycles. The normalized spacial score (nSPS) is 11.4. The quantitative estimate of drug-likeness (QED) is 0.209. The summed E-state index contributed by atoms with van der Waals surface area (Å²) in [6, 6.07) is 9.52. The third-order valence-corrected chi connectivity index (χ3v) is 3.14. The Morgan fingerprint density at radius 2 is 2.09 bits per heavy atom. The fourth-order valence-electron chi connectivity index (χ4n) is 1.97. The van der Waals surface area contributed by atoms with Crippen LogP contribution in [0.1, 0.15) is 21.7 Å². The van der Waals surface area contributed by atoms with E-state index < -0.39 is 10.7 Å². The van der Waals surface area contributed by atoms with E-state index in [0.717, 1.165) is 0 Å². The highest BCUT2D eigenvalue weighted by molar-refractivity contribution is 6.12. The SMILES string of the molecule is Cc1occc1C(=O)/C(C#N)=C/C=C/c1ccccc1[N+](=O)[O-]. The van der Waals surface area contributed by atoms with Crippen molar-refractivity contribution in [3.63, 3.8) is 0 Å². The van der Waals surface area contributed by atoms with Gasteiger partial charge < -0.3 is 4.42 Å². The Balaban J connectivity index is 2.28. The van der Waals surface area contributed by atoms with E-state index in [9.17, 15) is 14.9 Å². The minimum atomic E-state index is -0.491. The zero-order valence-corrected chi connectivity index (χ0v) is 12.2. The predicted molar refractivity (Wildman–Crippen MR) is 83.6 cm³/mol. The van der Waals surface area contributed by atoms with E-state index in [1.54, 1.807) is 25.1 Å². The first-order valence-electron chi connectivity index (χ1n) is 6.65. The number of allylic oxidation sites excluding steroid dienone is 3. The van der Waals surface area contributed by atoms with Gasteiger partial charge in [-0.3, -0.25) is 14.9 Å². The number of nitro benzene ring substituents is 1. The Morgan fingerprint density at radius 1 is 1.35 bits per heavy atom. The fraction of sp³-hybridized carbons (Fsp3) is 0.0588. The van der Waals surface area contributed by atoms with Crippen molar-refractivity contribution in [1.29, 1.82) is 5.26 Å². The molecule has 1 heterocycles. The molecule has 0 amide bonds. The highest BCUT2D eigenvalue weighted by Gasteiger charge is 2.15. The van der Waals surface area contributed by atoms with Gasteiger partial charge in [0, 0.05) is 6.07 Å². The van der Waals surface area contributed by atoms with Gasteiger partial charge in [-0.2, -0.15) is 5.26 Å². The molecular formula is C17H12N2O4. The van der Waals surface area contributed by atoms with Gasteiger partial charge in [-0.25, -0.2) is 0 Å². The van der Waals surface area contributed by atoms with Gasteiger partial charge in [0.2, 0.25) is 5.78 Å². The average Bonchev–Trinajstić information content (AvgIpc) is 2.97. The van der Waals surface area contributed by atoms with Crippen LogP contribution in [0.15, 0.2) is 58.7 Å². The van der Waals surface area contributed by atoms with Crippen molar-refractivity contribution in [3.8, 4) is 6.07 Å². The van der Waals surface area contributed by atoms with Gasteiger partial charge in [0.15, 0.2) is 0 Å². The predicted octanol–water partition coefficient (Wildman–Crippen LogP) is 3.84. The number of nitrogens with zero attached hydrogens (tertiary/aromatic N) is 2. The van der Waals surface area contributed by atoms with E-state index in [1.165, 1.54) is 36.6 Å². The molecule has 2 rings (SSSR count). The molecule has 6 nitrogen and oxygen atoms in total. The number of ketones is 1. The van der Waals surface area contributed by atoms with E-state index in [1.807, 2.05) is 6.07 Å². The van der Waals surface area contributed by atoms with Gasteiger partial charge in [0.25, 0.3) is 5.69 Å². The van der Waals surface area contributed by atoms with Crippen LogP contribution in [0.2, 0.25) is 0 Å². The van der Waals surface area contributed by atoms with Crippen molar-refractivity contribution >= 4 is 17.5 Å². The number of nitro groups is 1. The minimum Gasteiger partial charge on any atom is -0.469 e. The summed E-state index contributed by atoms with van der Waals surface area (Å²) in [4.78, 5) is 22.6. The summed E-state index contributed by atoms with van der Waals surface area (Å²) in [5, 5.41) is 20.0. The second-order valence-electron chi connectivity index (χ2n) is 4.59. The van der Waals surface area contributed by atoms with Gasteiger partial charge in [0.1, 0.15) is 17.4 Å². The lowest BCUT2D eigenvalue weighted by molar-refractivity contribution is -0.385. The molecule has 0 aliphatic rings. The van der Waals surface area contributed by atoms with E-state index in [2.05, 4.69) is 0 Å². The summed E-state index contributed by atoms with van der Waals surface area (Å²) < 4.78 is 5.05. The number of para-hydroxylation sites is 1. The number of carbonyl (C=O) groups excluding carboxylic acids is 1. The fourth-order valence-corrected chi connectivity index (χ4v) is 1.97. The molecule has 23 heavy (non-hydrogen) atoms. The zero-order chi connectivity index (χ0) is 16.8. The first-order valence-corrected chi connectivity index (χ1v) is 6.65. The molecule has 0 aliphatic heterocycles. The van der Waals surface area contributed by atoms with Crippen molar-refractivity contribution in [2.75, 3.05) is 0 Å². The van der Waals surface area contributed by atoms with E-state index in [4.69, 9.17) is 9.68 Å². The maximum absolute atomic E-state index is 12.2. The molecule has 0 N–H and O–H groups in total. The van der Waals surface area contributed by atoms with Gasteiger partial charge >= 0.3 is 0 Å². The van der Waals surface area contributed by atoms with Crippen molar-refractivity contribution in [1.82, 2.24) is 0 Å². The number of furan rings is 1. The molecule has 1 aromatic heterocycles. The van der Waals surface area contributed by atoms with Crippen LogP contribution in [-0.4, -0.2) is 10.7 Å². The molecule has 0 bridgehead atoms. The molecule has 0 saturated carbocycles. The number of hydrogen-bond donors (Lipinski definition) is 0. The number of aryl methyl sites for hydroxylation is 1. The van der Waals surface area contributed by atoms with Crippen LogP contribution in [0.3, 0.4) is 0 Å². The Kier molecular flexibility index (Phi) is 4.85. The summed E-state index contributed by atoms with van der Waals surface area (Å²) >= 11 is 0. The molecule has 0 atom stereocenters. The molecule has 0 fully saturated rings. The largest absolute Gasteiger partial charge is 0.469 e. The second-order valence-corrected chi connectivity index (χ2v) is 4.59. The van der Waals surface area contributed by atoms with Crippen LogP contribution in [0.25, 0.3) is 6.08 Å². The Labute approximate surface area is 132 Å². The number of Topliss-reactive ketones (excluding diaryl/α,β-unsaturated/α-hetero) is 1. The Hall–Kier alpha value is -3.46. The monoisotopic (exact) mass is 308 g/mol. The maximum Gasteiger partial charge on any atom is 0.276 e. The molecule has 0 aliphatic carbocycles. The van der Waals surface area contributed by atoms with Crippen molar-refractivity contribution in [3.05, 3.63) is 81.3 Å². The highest BCUT2D eigenvalue weighted by atomic mass is 16.6. The molecule has 0 unspecified atom stereocenters. The lowest BCUT2D eigenvalue weighted by atomic mass is 10.0. The van der Waals surface area contributed by atoms with E-state index in [0.29, 0.717) is 16.9 Å². The number of carbonyl (C=O) groups is 1. The number of benzene rings is 1. The summed E-state index contributed by atoms with van der Waals surface area (Å²) in [6.45, 7) is 1.63. The lowest BCUT2D eigenvalue weighted by Gasteiger charge is -1.97. The molecular weight excluding hydrogens is 296 g/mol. The minimum absolute atomic E-state index is 0.0485. The van der Waals surface area contributed by atoms with Crippen molar-refractivity contribution in [2.45, 2.75) is 6.92 Å². The second kappa shape index (κ2) is 7.00. The Morgan fingerprint density at radius 3 is 2.70 bits per heavy atom. The lowest BCUT2D eigenvalue weighted by Crippen LogP contribution is -2.01. The topological polar surface area (TPSA) is 97.1 Å². The van der Waals surface area contributed by atoms with Crippen LogP contribution in [0, 0.1) is 28.4 Å². The van der Waals surface area contributed by atoms with Gasteiger partial charge in [-0.1, -0.05) is 18.2 Å². The molecule has 2 aromatic rings. The van der Waals surface area contributed by atoms with Crippen LogP contribution in [0.4, 0.5) is 5.69 Å². The van der Waals surface area contributed by atoms with Gasteiger partial charge in [-0.15, -0.1) is 0 Å². The molecule has 6 heteroatoms. The molecule has 114 valence electrons. The first kappa shape index (κ1) is 15.9. The number of nitriles is 1. The van der Waals surface area contributed by atoms with Gasteiger partial charge in [-0.05, 0) is 31.2 Å². The van der Waals surface area contributed by atoms with Crippen LogP contribution < -0.4 is 0 Å². The van der Waals surface area contributed by atoms with Crippen molar-refractivity contribution < 1.29 is 14.1 Å². The summed E-state index contributed by atoms with van der Waals surface area (Å²) in [7, 11) is 0. The molecule has 0 spiro atoms. The smallest absolute Gasteiger partial charge is 0.276 e. The molecule has 0 radical (unpaired) electrons. The molecule has 1 aromatic carbocycles. The van der Waals surface area contributed by atoms with Gasteiger partial charge in [0.05, 0.1) is 22.3 Å². The Bertz CT molecular complexity index is 853. The van der Waals surface area contributed by atoms with E-state index >= 15 is 0 Å². The number of hydrogen-bond acceptors (Lipinski definition) is 5. The van der Waals surface area contributed by atoms with Crippen LogP contribution in [-0.2, 0) is 0 Å². The van der Waals surface area contributed by atoms with Crippen molar-refractivity contribution in [2.24, 2.45) is 0 Å². The van der Waals surface area contributed by atoms with Crippen LogP contribution >= 0.6 is 0 Å². The third kappa shape index (κ3) is 3.60. The highest BCUT2D eigenvalue weighted by Crippen LogP contribution is 2.19. The average molecular weight is 308 g/mol. The maximum atomic E-state index is 12.2. The standard InChI is InChI=1S/C17H12N2O4/c1-12-15(9-10-23-12)17(20)14(11-18)7-4-6-13-5-2-3-8-16(13)19(21)22/h2-10H,1H3/b6-4+,14-7+. The summed E-state index contributed by atoms with van der Waals surface area (Å²) in [5.41, 5.74) is 0.576. The first-order chi connectivity index (χ1) is 11.0. The summed E-state index contributed by atoms with van der Waals surface area (Å²) in [5.74, 6) is -0.0233. The third-order valence-electron chi connectivity index (χ3n) is 3.14. The van der Waals surface area contributed by atoms with E-state index in [-0.39, 0.29) is 11.3 Å². The summed E-state index contributed by atoms with van der Waals surface area (Å²) in [6.07, 6.45) is 5.62.